The van der Waals surface area contributed by atoms with Crippen LogP contribution in [-0.4, -0.2) is 28.6 Å². The number of Topliss-reactive ketones (excluding diaryl/α,β-unsaturated/α-hetero) is 1. The van der Waals surface area contributed by atoms with Gasteiger partial charge in [-0.15, -0.1) is 0 Å². The highest BCUT2D eigenvalue weighted by atomic mass is 16.5. The van der Waals surface area contributed by atoms with E-state index in [4.69, 9.17) is 9.47 Å². The third-order valence-electron chi connectivity index (χ3n) is 3.88. The van der Waals surface area contributed by atoms with Gasteiger partial charge in [-0.05, 0) is 39.2 Å². The Bertz CT molecular complexity index is 618. The summed E-state index contributed by atoms with van der Waals surface area (Å²) in [7, 11) is 0. The summed E-state index contributed by atoms with van der Waals surface area (Å²) in [5, 5.41) is 10.1. The molecule has 0 amide bonds. The topological polar surface area (TPSA) is 72.8 Å². The summed E-state index contributed by atoms with van der Waals surface area (Å²) >= 11 is 0. The molecule has 0 fully saturated rings. The Morgan fingerprint density at radius 1 is 1.35 bits per heavy atom. The lowest BCUT2D eigenvalue weighted by atomic mass is 9.79. The van der Waals surface area contributed by atoms with Crippen molar-refractivity contribution < 1.29 is 24.2 Å². The number of hydrogen-bond donors (Lipinski definition) is 1. The van der Waals surface area contributed by atoms with Gasteiger partial charge in [0, 0.05) is 17.2 Å². The van der Waals surface area contributed by atoms with Crippen LogP contribution in [0.2, 0.25) is 0 Å². The molecule has 0 aromatic carbocycles. The van der Waals surface area contributed by atoms with Crippen molar-refractivity contribution in [3.05, 3.63) is 34.3 Å². The fraction of sp³-hybridized carbons (Fsp3) is 0.467. The largest absolute Gasteiger partial charge is 0.504 e. The van der Waals surface area contributed by atoms with Crippen LogP contribution in [0.3, 0.4) is 0 Å². The number of carbonyl (C=O) groups is 2. The van der Waals surface area contributed by atoms with E-state index >= 15 is 0 Å². The fourth-order valence-electron chi connectivity index (χ4n) is 2.85. The van der Waals surface area contributed by atoms with Crippen LogP contribution in [0.25, 0.3) is 0 Å². The minimum Gasteiger partial charge on any atom is -0.504 e. The molecule has 0 unspecified atom stereocenters. The van der Waals surface area contributed by atoms with Crippen LogP contribution in [0, 0.1) is 0 Å². The second-order valence-corrected chi connectivity index (χ2v) is 5.90. The monoisotopic (exact) mass is 276 g/mol. The first-order chi connectivity index (χ1) is 9.30. The average molecular weight is 276 g/mol. The summed E-state index contributed by atoms with van der Waals surface area (Å²) in [6, 6.07) is 0. The summed E-state index contributed by atoms with van der Waals surface area (Å²) in [6.07, 6.45) is 2.08. The third kappa shape index (κ3) is 1.77. The van der Waals surface area contributed by atoms with Crippen molar-refractivity contribution in [1.82, 2.24) is 0 Å². The summed E-state index contributed by atoms with van der Waals surface area (Å²) in [5.41, 5.74) is 1.21. The van der Waals surface area contributed by atoms with Gasteiger partial charge in [0.05, 0.1) is 0 Å². The summed E-state index contributed by atoms with van der Waals surface area (Å²) in [5.74, 6) is -1.21. The number of esters is 1. The molecular weight excluding hydrogens is 260 g/mol. The smallest absolute Gasteiger partial charge is 0.331 e. The van der Waals surface area contributed by atoms with Crippen LogP contribution in [0.4, 0.5) is 0 Å². The van der Waals surface area contributed by atoms with Crippen LogP contribution < -0.4 is 0 Å². The van der Waals surface area contributed by atoms with Gasteiger partial charge in [0.1, 0.15) is 11.7 Å². The van der Waals surface area contributed by atoms with Crippen molar-refractivity contribution in [3.63, 3.8) is 0 Å². The Kier molecular flexibility index (Phi) is 2.58. The van der Waals surface area contributed by atoms with E-state index in [0.29, 0.717) is 23.1 Å². The molecule has 0 bridgehead atoms. The highest BCUT2D eigenvalue weighted by molar-refractivity contribution is 6.10. The SMILES string of the molecule is C[C@H]1OC(=O)C=C2C3=C(OC(C)(C)CC3)C(=O)C(O)=C21. The maximum Gasteiger partial charge on any atom is 0.331 e. The molecule has 3 rings (SSSR count). The molecule has 1 aliphatic carbocycles. The molecule has 1 atom stereocenters. The van der Waals surface area contributed by atoms with Crippen molar-refractivity contribution in [3.8, 4) is 0 Å². The lowest BCUT2D eigenvalue weighted by Crippen LogP contribution is -2.37. The zero-order chi connectivity index (χ0) is 14.7. The Morgan fingerprint density at radius 2 is 2.05 bits per heavy atom. The van der Waals surface area contributed by atoms with E-state index in [1.807, 2.05) is 13.8 Å². The molecule has 0 aromatic heterocycles. The molecule has 0 radical (unpaired) electrons. The second-order valence-electron chi connectivity index (χ2n) is 5.90. The maximum atomic E-state index is 12.3. The number of fused-ring (bicyclic) bond motifs is 2. The Morgan fingerprint density at radius 3 is 2.75 bits per heavy atom. The highest BCUT2D eigenvalue weighted by Crippen LogP contribution is 2.44. The van der Waals surface area contributed by atoms with Crippen molar-refractivity contribution in [2.75, 3.05) is 0 Å². The van der Waals surface area contributed by atoms with E-state index in [2.05, 4.69) is 0 Å². The third-order valence-corrected chi connectivity index (χ3v) is 3.88. The van der Waals surface area contributed by atoms with Crippen molar-refractivity contribution >= 4 is 11.8 Å². The minimum absolute atomic E-state index is 0.163. The van der Waals surface area contributed by atoms with Gasteiger partial charge in [-0.1, -0.05) is 0 Å². The van der Waals surface area contributed by atoms with Crippen LogP contribution in [0.1, 0.15) is 33.6 Å². The molecule has 2 aliphatic heterocycles. The summed E-state index contributed by atoms with van der Waals surface area (Å²) < 4.78 is 10.8. The normalized spacial score (nSPS) is 28.4. The Balaban J connectivity index is 2.18. The zero-order valence-electron chi connectivity index (χ0n) is 11.6. The molecule has 3 aliphatic rings. The number of rotatable bonds is 0. The van der Waals surface area contributed by atoms with Gasteiger partial charge in [0.2, 0.25) is 0 Å². The van der Waals surface area contributed by atoms with Gasteiger partial charge in [0.15, 0.2) is 11.5 Å². The first-order valence-corrected chi connectivity index (χ1v) is 6.63. The number of allylic oxidation sites excluding steroid dienone is 1. The van der Waals surface area contributed by atoms with Gasteiger partial charge in [-0.25, -0.2) is 4.79 Å². The quantitative estimate of drug-likeness (QED) is 0.686. The molecule has 0 saturated carbocycles. The molecule has 5 heteroatoms. The highest BCUT2D eigenvalue weighted by Gasteiger charge is 2.43. The van der Waals surface area contributed by atoms with Crippen LogP contribution in [0.15, 0.2) is 34.3 Å². The number of ether oxygens (including phenoxy) is 2. The van der Waals surface area contributed by atoms with Crippen molar-refractivity contribution in [2.45, 2.75) is 45.3 Å². The minimum atomic E-state index is -0.629. The number of cyclic esters (lactones) is 1. The predicted molar refractivity (Wildman–Crippen MR) is 69.7 cm³/mol. The summed E-state index contributed by atoms with van der Waals surface area (Å²) in [4.78, 5) is 23.8. The van der Waals surface area contributed by atoms with Gasteiger partial charge >= 0.3 is 5.97 Å². The molecule has 1 N–H and O–H groups in total. The standard InChI is InChI=1S/C15H16O5/c1-7-11-9(6-10(16)19-7)8-4-5-15(2,3)20-14(8)13(18)12(11)17/h6-7,17H,4-5H2,1-3H3/t7-/m1/s1. The van der Waals surface area contributed by atoms with E-state index in [1.54, 1.807) is 6.92 Å². The average Bonchev–Trinajstić information content (AvgIpc) is 2.34. The Hall–Kier alpha value is -2.04. The van der Waals surface area contributed by atoms with Crippen LogP contribution in [-0.2, 0) is 19.1 Å². The van der Waals surface area contributed by atoms with Gasteiger partial charge in [-0.3, -0.25) is 4.79 Å². The number of hydrogen-bond acceptors (Lipinski definition) is 5. The molecule has 0 aromatic rings. The summed E-state index contributed by atoms with van der Waals surface area (Å²) in [6.45, 7) is 5.43. The second kappa shape index (κ2) is 3.98. The molecule has 5 nitrogen and oxygen atoms in total. The van der Waals surface area contributed by atoms with Crippen molar-refractivity contribution in [2.24, 2.45) is 0 Å². The maximum absolute atomic E-state index is 12.3. The lowest BCUT2D eigenvalue weighted by Gasteiger charge is -2.38. The number of carbonyl (C=O) groups excluding carboxylic acids is 2. The zero-order valence-corrected chi connectivity index (χ0v) is 11.6. The van der Waals surface area contributed by atoms with E-state index in [1.165, 1.54) is 6.08 Å². The predicted octanol–water partition coefficient (Wildman–Crippen LogP) is 2.10. The fourth-order valence-corrected chi connectivity index (χ4v) is 2.85. The molecule has 0 saturated heterocycles. The van der Waals surface area contributed by atoms with E-state index in [0.717, 1.165) is 6.42 Å². The molecule has 20 heavy (non-hydrogen) atoms. The van der Waals surface area contributed by atoms with Crippen LogP contribution in [0.5, 0.6) is 0 Å². The first-order valence-electron chi connectivity index (χ1n) is 6.63. The molecule has 106 valence electrons. The van der Waals surface area contributed by atoms with Gasteiger partial charge in [0.25, 0.3) is 5.78 Å². The molecular formula is C15H16O5. The Labute approximate surface area is 116 Å². The van der Waals surface area contributed by atoms with Gasteiger partial charge < -0.3 is 14.6 Å². The van der Waals surface area contributed by atoms with E-state index < -0.39 is 23.5 Å². The van der Waals surface area contributed by atoms with Gasteiger partial charge in [-0.2, -0.15) is 0 Å². The number of aliphatic hydroxyl groups is 1. The number of ketones is 1. The van der Waals surface area contributed by atoms with E-state index in [9.17, 15) is 14.7 Å². The lowest BCUT2D eigenvalue weighted by molar-refractivity contribution is -0.141. The number of aliphatic hydroxyl groups excluding tert-OH is 1. The first kappa shape index (κ1) is 13.0. The molecule has 0 spiro atoms. The molecule has 2 heterocycles. The van der Waals surface area contributed by atoms with E-state index in [-0.39, 0.29) is 11.5 Å². The van der Waals surface area contributed by atoms with Crippen LogP contribution >= 0.6 is 0 Å². The van der Waals surface area contributed by atoms with Crippen molar-refractivity contribution in [1.29, 1.82) is 0 Å².